The zero-order valence-electron chi connectivity index (χ0n) is 6.86. The van der Waals surface area contributed by atoms with Crippen LogP contribution >= 0.6 is 0 Å². The summed E-state index contributed by atoms with van der Waals surface area (Å²) < 4.78 is 26.1. The Hall–Kier alpha value is -0.860. The number of hydrogen-bond acceptors (Lipinski definition) is 0. The average molecular weight is 159 g/mol. The van der Waals surface area contributed by atoms with Crippen LogP contribution in [-0.2, 0) is 7.05 Å². The van der Waals surface area contributed by atoms with Crippen molar-refractivity contribution in [2.45, 2.75) is 20.3 Å². The zero-order valence-corrected chi connectivity index (χ0v) is 6.86. The van der Waals surface area contributed by atoms with Crippen molar-refractivity contribution in [1.82, 2.24) is 4.57 Å². The van der Waals surface area contributed by atoms with Crippen LogP contribution in [0.4, 0.5) is 8.78 Å². The van der Waals surface area contributed by atoms with Gasteiger partial charge in [-0.25, -0.2) is 8.78 Å². The van der Waals surface area contributed by atoms with Gasteiger partial charge in [0.25, 0.3) is 6.43 Å². The molecule has 0 radical (unpaired) electrons. The smallest absolute Gasteiger partial charge is 0.278 e. The van der Waals surface area contributed by atoms with Gasteiger partial charge in [-0.15, -0.1) is 0 Å². The first kappa shape index (κ1) is 8.24. The highest BCUT2D eigenvalue weighted by Crippen LogP contribution is 2.24. The molecule has 3 heteroatoms. The highest BCUT2D eigenvalue weighted by atomic mass is 19.3. The largest absolute Gasteiger partial charge is 0.347 e. The fourth-order valence-corrected chi connectivity index (χ4v) is 1.26. The van der Waals surface area contributed by atoms with E-state index in [0.29, 0.717) is 5.56 Å². The standard InChI is InChI=1S/C8H11F2N/c1-5-4-6(2)11(3)7(5)8(9)10/h4,8H,1-3H3. The van der Waals surface area contributed by atoms with Gasteiger partial charge in [0.1, 0.15) is 0 Å². The number of halogens is 2. The Labute approximate surface area is 64.6 Å². The number of aryl methyl sites for hydroxylation is 2. The Morgan fingerprint density at radius 3 is 2.09 bits per heavy atom. The molecular weight excluding hydrogens is 148 g/mol. The molecule has 0 bridgehead atoms. The fourth-order valence-electron chi connectivity index (χ4n) is 1.26. The molecule has 0 amide bonds. The van der Waals surface area contributed by atoms with Crippen molar-refractivity contribution in [2.24, 2.45) is 7.05 Å². The van der Waals surface area contributed by atoms with Gasteiger partial charge in [0.15, 0.2) is 0 Å². The van der Waals surface area contributed by atoms with Crippen LogP contribution in [0.3, 0.4) is 0 Å². The molecule has 62 valence electrons. The number of nitrogens with zero attached hydrogens (tertiary/aromatic N) is 1. The van der Waals surface area contributed by atoms with Gasteiger partial charge >= 0.3 is 0 Å². The molecule has 0 aliphatic heterocycles. The van der Waals surface area contributed by atoms with Gasteiger partial charge in [-0.05, 0) is 25.5 Å². The van der Waals surface area contributed by atoms with Crippen molar-refractivity contribution >= 4 is 0 Å². The van der Waals surface area contributed by atoms with Crippen LogP contribution in [0, 0.1) is 13.8 Å². The molecule has 0 unspecified atom stereocenters. The van der Waals surface area contributed by atoms with E-state index in [1.807, 2.05) is 6.92 Å². The highest BCUT2D eigenvalue weighted by Gasteiger charge is 2.15. The molecule has 1 aromatic heterocycles. The van der Waals surface area contributed by atoms with Gasteiger partial charge < -0.3 is 4.57 Å². The lowest BCUT2D eigenvalue weighted by atomic mass is 10.3. The lowest BCUT2D eigenvalue weighted by molar-refractivity contribution is 0.141. The van der Waals surface area contributed by atoms with E-state index in [9.17, 15) is 8.78 Å². The van der Waals surface area contributed by atoms with Gasteiger partial charge in [0, 0.05) is 12.7 Å². The first-order valence-electron chi connectivity index (χ1n) is 3.45. The van der Waals surface area contributed by atoms with Crippen molar-refractivity contribution in [3.8, 4) is 0 Å². The summed E-state index contributed by atoms with van der Waals surface area (Å²) >= 11 is 0. The van der Waals surface area contributed by atoms with Gasteiger partial charge in [-0.3, -0.25) is 0 Å². The molecule has 1 aromatic rings. The van der Waals surface area contributed by atoms with Crippen LogP contribution in [0.25, 0.3) is 0 Å². The summed E-state index contributed by atoms with van der Waals surface area (Å²) in [6.07, 6.45) is -2.37. The first-order chi connectivity index (χ1) is 5.04. The average Bonchev–Trinajstić information content (AvgIpc) is 2.07. The number of rotatable bonds is 1. The van der Waals surface area contributed by atoms with E-state index < -0.39 is 6.43 Å². The van der Waals surface area contributed by atoms with E-state index in [1.165, 1.54) is 4.57 Å². The van der Waals surface area contributed by atoms with E-state index in [0.717, 1.165) is 5.69 Å². The Morgan fingerprint density at radius 2 is 1.91 bits per heavy atom. The predicted molar refractivity (Wildman–Crippen MR) is 39.8 cm³/mol. The van der Waals surface area contributed by atoms with Crippen LogP contribution in [0.1, 0.15) is 23.4 Å². The van der Waals surface area contributed by atoms with Crippen molar-refractivity contribution in [3.05, 3.63) is 23.0 Å². The first-order valence-corrected chi connectivity index (χ1v) is 3.45. The van der Waals surface area contributed by atoms with Crippen LogP contribution in [0.5, 0.6) is 0 Å². The minimum absolute atomic E-state index is 0.127. The molecule has 0 spiro atoms. The quantitative estimate of drug-likeness (QED) is 0.593. The molecule has 1 heterocycles. The third kappa shape index (κ3) is 1.27. The van der Waals surface area contributed by atoms with Crippen LogP contribution in [-0.4, -0.2) is 4.57 Å². The molecule has 0 atom stereocenters. The number of hydrogen-bond donors (Lipinski definition) is 0. The van der Waals surface area contributed by atoms with Crippen molar-refractivity contribution in [2.75, 3.05) is 0 Å². The number of alkyl halides is 2. The Balaban J connectivity index is 3.22. The van der Waals surface area contributed by atoms with E-state index in [1.54, 1.807) is 20.0 Å². The maximum Gasteiger partial charge on any atom is 0.278 e. The predicted octanol–water partition coefficient (Wildman–Crippen LogP) is 2.58. The molecular formula is C8H11F2N. The molecule has 0 aliphatic carbocycles. The van der Waals surface area contributed by atoms with E-state index in [2.05, 4.69) is 0 Å². The highest BCUT2D eigenvalue weighted by molar-refractivity contribution is 5.26. The van der Waals surface area contributed by atoms with Gasteiger partial charge in [0.2, 0.25) is 0 Å². The second-order valence-corrected chi connectivity index (χ2v) is 2.71. The minimum atomic E-state index is -2.37. The summed E-state index contributed by atoms with van der Waals surface area (Å²) in [7, 11) is 1.66. The Kier molecular flexibility index (Phi) is 1.98. The second kappa shape index (κ2) is 2.64. The molecule has 0 saturated heterocycles. The SMILES string of the molecule is Cc1cc(C)n(C)c1C(F)F. The Bertz CT molecular complexity index is 263. The topological polar surface area (TPSA) is 4.93 Å². The third-order valence-corrected chi connectivity index (χ3v) is 1.93. The van der Waals surface area contributed by atoms with Crippen LogP contribution < -0.4 is 0 Å². The molecule has 0 aliphatic rings. The lowest BCUT2D eigenvalue weighted by Gasteiger charge is -2.03. The minimum Gasteiger partial charge on any atom is -0.347 e. The van der Waals surface area contributed by atoms with Crippen molar-refractivity contribution < 1.29 is 8.78 Å². The third-order valence-electron chi connectivity index (χ3n) is 1.93. The molecule has 0 aromatic carbocycles. The summed E-state index contributed by atoms with van der Waals surface area (Å²) in [6.45, 7) is 3.52. The molecule has 0 fully saturated rings. The monoisotopic (exact) mass is 159 g/mol. The van der Waals surface area contributed by atoms with Crippen molar-refractivity contribution in [1.29, 1.82) is 0 Å². The summed E-state index contributed by atoms with van der Waals surface area (Å²) in [5.41, 5.74) is 1.67. The number of aromatic nitrogens is 1. The van der Waals surface area contributed by atoms with E-state index >= 15 is 0 Å². The molecule has 11 heavy (non-hydrogen) atoms. The lowest BCUT2D eigenvalue weighted by Crippen LogP contribution is -1.99. The maximum absolute atomic E-state index is 12.3. The molecule has 0 N–H and O–H groups in total. The van der Waals surface area contributed by atoms with Gasteiger partial charge in [0.05, 0.1) is 5.69 Å². The fraction of sp³-hybridized carbons (Fsp3) is 0.500. The normalized spacial score (nSPS) is 11.1. The van der Waals surface area contributed by atoms with E-state index in [4.69, 9.17) is 0 Å². The van der Waals surface area contributed by atoms with Crippen molar-refractivity contribution in [3.63, 3.8) is 0 Å². The van der Waals surface area contributed by atoms with Crippen LogP contribution in [0.2, 0.25) is 0 Å². The summed E-state index contributed by atoms with van der Waals surface area (Å²) in [5.74, 6) is 0. The Morgan fingerprint density at radius 1 is 1.36 bits per heavy atom. The van der Waals surface area contributed by atoms with Gasteiger partial charge in [-0.2, -0.15) is 0 Å². The molecule has 0 saturated carbocycles. The van der Waals surface area contributed by atoms with Gasteiger partial charge in [-0.1, -0.05) is 0 Å². The van der Waals surface area contributed by atoms with Crippen LogP contribution in [0.15, 0.2) is 6.07 Å². The maximum atomic E-state index is 12.3. The zero-order chi connectivity index (χ0) is 8.59. The molecule has 1 nitrogen and oxygen atoms in total. The summed E-state index contributed by atoms with van der Waals surface area (Å²) in [4.78, 5) is 0. The summed E-state index contributed by atoms with van der Waals surface area (Å²) in [5, 5.41) is 0. The summed E-state index contributed by atoms with van der Waals surface area (Å²) in [6, 6.07) is 1.77. The van der Waals surface area contributed by atoms with E-state index in [-0.39, 0.29) is 5.69 Å². The second-order valence-electron chi connectivity index (χ2n) is 2.71. The molecule has 1 rings (SSSR count).